The molecule has 0 saturated carbocycles. The molecule has 0 radical (unpaired) electrons. The van der Waals surface area contributed by atoms with Gasteiger partial charge in [0.1, 0.15) is 10.1 Å². The molecule has 1 aromatic heterocycles. The third kappa shape index (κ3) is 4.07. The van der Waals surface area contributed by atoms with Gasteiger partial charge in [-0.15, -0.1) is 5.11 Å². The molecule has 0 unspecified atom stereocenters. The normalized spacial score (nSPS) is 11.8. The van der Waals surface area contributed by atoms with Crippen molar-refractivity contribution in [3.05, 3.63) is 67.6 Å². The Morgan fingerprint density at radius 1 is 1.17 bits per heavy atom. The lowest BCUT2D eigenvalue weighted by Crippen LogP contribution is -2.14. The number of H-pyrrole nitrogens is 1. The summed E-state index contributed by atoms with van der Waals surface area (Å²) >= 11 is 5.68. The van der Waals surface area contributed by atoms with Gasteiger partial charge in [0.25, 0.3) is 11.2 Å². The minimum atomic E-state index is -4.64. The second kappa shape index (κ2) is 7.70. The van der Waals surface area contributed by atoms with Gasteiger partial charge in [-0.2, -0.15) is 5.11 Å². The number of nitro benzene ring substituents is 1. The van der Waals surface area contributed by atoms with E-state index in [1.54, 1.807) is 0 Å². The summed E-state index contributed by atoms with van der Waals surface area (Å²) in [6.07, 6.45) is 0. The van der Waals surface area contributed by atoms with Crippen LogP contribution < -0.4 is 10.7 Å². The van der Waals surface area contributed by atoms with Crippen LogP contribution in [0.4, 0.5) is 17.1 Å². The summed E-state index contributed by atoms with van der Waals surface area (Å²) in [7, 11) is -4.64. The number of nitrogens with zero attached hydrogens (tertiary/aromatic N) is 4. The van der Waals surface area contributed by atoms with Gasteiger partial charge in [-0.05, 0) is 31.2 Å². The molecule has 0 amide bonds. The van der Waals surface area contributed by atoms with Crippen LogP contribution >= 0.6 is 11.6 Å². The predicted molar refractivity (Wildman–Crippen MR) is 101 cm³/mol. The van der Waals surface area contributed by atoms with Crippen LogP contribution in [0.5, 0.6) is 5.75 Å². The lowest BCUT2D eigenvalue weighted by molar-refractivity contribution is -0.385. The number of aryl methyl sites for hydroxylation is 1. The van der Waals surface area contributed by atoms with Crippen LogP contribution in [0.25, 0.3) is 5.69 Å². The second-order valence-corrected chi connectivity index (χ2v) is 7.69. The number of hydrogen-bond acceptors (Lipinski definition) is 9. The maximum absolute atomic E-state index is 12.6. The summed E-state index contributed by atoms with van der Waals surface area (Å²) in [4.78, 5) is 22.3. The van der Waals surface area contributed by atoms with Gasteiger partial charge in [-0.1, -0.05) is 17.4 Å². The average molecular weight is 452 g/mol. The number of azo groups is 1. The molecule has 0 fully saturated rings. The van der Waals surface area contributed by atoms with E-state index in [9.17, 15) is 33.0 Å². The highest BCUT2D eigenvalue weighted by Gasteiger charge is 2.14. The zero-order valence-electron chi connectivity index (χ0n) is 14.9. The van der Waals surface area contributed by atoms with Crippen LogP contribution in [-0.2, 0) is 10.1 Å². The third-order valence-corrected chi connectivity index (χ3v) is 5.03. The minimum Gasteiger partial charge on any atom is -0.870 e. The molecule has 3 aromatic rings. The number of rotatable bonds is 5. The molecule has 0 spiro atoms. The fourth-order valence-electron chi connectivity index (χ4n) is 2.45. The Morgan fingerprint density at radius 3 is 2.37 bits per heavy atom. The first-order valence-electron chi connectivity index (χ1n) is 7.93. The van der Waals surface area contributed by atoms with Gasteiger partial charge in [0.05, 0.1) is 26.9 Å². The molecule has 14 heteroatoms. The van der Waals surface area contributed by atoms with Crippen molar-refractivity contribution in [2.24, 2.45) is 10.2 Å². The Bertz CT molecular complexity index is 1340. The largest absolute Gasteiger partial charge is 0.870 e. The third-order valence-electron chi connectivity index (χ3n) is 3.90. The van der Waals surface area contributed by atoms with E-state index in [0.717, 1.165) is 28.9 Å². The molecular formula is C16H10ClN5O7S-2. The van der Waals surface area contributed by atoms with Crippen molar-refractivity contribution in [3.63, 3.8) is 0 Å². The molecule has 0 aliphatic carbocycles. The van der Waals surface area contributed by atoms with Crippen molar-refractivity contribution in [2.45, 2.75) is 11.8 Å². The lowest BCUT2D eigenvalue weighted by atomic mass is 10.2. The number of benzene rings is 2. The second-order valence-electron chi connectivity index (χ2n) is 5.91. The van der Waals surface area contributed by atoms with Crippen LogP contribution in [0.3, 0.4) is 0 Å². The summed E-state index contributed by atoms with van der Waals surface area (Å²) in [6, 6.07) is 6.30. The molecule has 156 valence electrons. The molecule has 0 aliphatic rings. The van der Waals surface area contributed by atoms with E-state index in [-0.39, 0.29) is 17.1 Å². The van der Waals surface area contributed by atoms with Crippen molar-refractivity contribution in [3.8, 4) is 11.4 Å². The predicted octanol–water partition coefficient (Wildman–Crippen LogP) is 2.43. The lowest BCUT2D eigenvalue weighted by Gasteiger charge is -2.10. The van der Waals surface area contributed by atoms with Gasteiger partial charge in [-0.25, -0.2) is 13.1 Å². The van der Waals surface area contributed by atoms with Crippen molar-refractivity contribution < 1.29 is 23.0 Å². The van der Waals surface area contributed by atoms with Crippen LogP contribution in [0.15, 0.2) is 56.3 Å². The zero-order chi connectivity index (χ0) is 22.2. The van der Waals surface area contributed by atoms with Gasteiger partial charge >= 0.3 is 0 Å². The van der Waals surface area contributed by atoms with Crippen molar-refractivity contribution >= 4 is 38.8 Å². The molecule has 0 atom stereocenters. The van der Waals surface area contributed by atoms with Gasteiger partial charge in [0.2, 0.25) is 0 Å². The molecule has 0 aliphatic heterocycles. The Labute approximate surface area is 173 Å². The first-order chi connectivity index (χ1) is 14.0. The van der Waals surface area contributed by atoms with E-state index in [2.05, 4.69) is 15.3 Å². The van der Waals surface area contributed by atoms with E-state index >= 15 is 0 Å². The van der Waals surface area contributed by atoms with Crippen LogP contribution in [0, 0.1) is 17.0 Å². The molecule has 30 heavy (non-hydrogen) atoms. The molecule has 3 rings (SSSR count). The highest BCUT2D eigenvalue weighted by atomic mass is 35.5. The van der Waals surface area contributed by atoms with E-state index in [1.165, 1.54) is 19.1 Å². The first-order valence-corrected chi connectivity index (χ1v) is 9.72. The van der Waals surface area contributed by atoms with E-state index in [0.29, 0.717) is 0 Å². The van der Waals surface area contributed by atoms with Crippen LogP contribution in [0.1, 0.15) is 5.69 Å². The maximum atomic E-state index is 12.6. The van der Waals surface area contributed by atoms with Crippen LogP contribution in [-0.4, -0.2) is 27.7 Å². The molecule has 0 saturated heterocycles. The smallest absolute Gasteiger partial charge is 0.299 e. The van der Waals surface area contributed by atoms with Crippen molar-refractivity contribution in [1.82, 2.24) is 9.78 Å². The standard InChI is InChI=1S/C16H12ClN5O7S/c1-8-14(19-18-13-7-10(22(25)26)6-12(17)15(13)23)16(24)21(20-8)9-2-4-11(5-3-9)30(27,28)29/h2-7,20,23H,1H3,(H,27,28,29)/p-2. The van der Waals surface area contributed by atoms with Gasteiger partial charge in [0.15, 0.2) is 5.69 Å². The monoisotopic (exact) mass is 451 g/mol. The summed E-state index contributed by atoms with van der Waals surface area (Å²) < 4.78 is 34.0. The average Bonchev–Trinajstić information content (AvgIpc) is 2.96. The Morgan fingerprint density at radius 2 is 1.80 bits per heavy atom. The zero-order valence-corrected chi connectivity index (χ0v) is 16.5. The molecule has 0 bridgehead atoms. The number of aromatic amines is 1. The summed E-state index contributed by atoms with van der Waals surface area (Å²) in [5, 5.41) is 32.5. The van der Waals surface area contributed by atoms with Crippen molar-refractivity contribution in [1.29, 1.82) is 0 Å². The number of nitrogens with one attached hydrogen (secondary N) is 1. The quantitative estimate of drug-likeness (QED) is 0.267. The van der Waals surface area contributed by atoms with Gasteiger partial charge < -0.3 is 9.66 Å². The van der Waals surface area contributed by atoms with E-state index in [4.69, 9.17) is 11.6 Å². The Balaban J connectivity index is 2.01. The fraction of sp³-hybridized carbons (Fsp3) is 0.0625. The maximum Gasteiger partial charge on any atom is 0.299 e. The van der Waals surface area contributed by atoms with Crippen LogP contribution in [0.2, 0.25) is 5.02 Å². The number of aromatic nitrogens is 2. The number of hydrogen-bond donors (Lipinski definition) is 1. The molecule has 1 N–H and O–H groups in total. The summed E-state index contributed by atoms with van der Waals surface area (Å²) in [6.45, 7) is 1.49. The SMILES string of the molecule is Cc1[nH]n(-c2ccc(S(=O)(=O)[O-])cc2)c(=O)c1N=Nc1cc([N+](=O)[O-])cc(Cl)c1[O-]. The summed E-state index contributed by atoms with van der Waals surface area (Å²) in [5.74, 6) is -0.797. The molecule has 1 heterocycles. The Hall–Kier alpha value is -3.55. The first kappa shape index (κ1) is 21.2. The molecule has 2 aromatic carbocycles. The highest BCUT2D eigenvalue weighted by Crippen LogP contribution is 2.36. The summed E-state index contributed by atoms with van der Waals surface area (Å²) in [5.41, 5.74) is -1.33. The number of halogens is 1. The van der Waals surface area contributed by atoms with E-state index in [1.807, 2.05) is 0 Å². The molecular weight excluding hydrogens is 442 g/mol. The fourth-order valence-corrected chi connectivity index (χ4v) is 3.13. The van der Waals surface area contributed by atoms with Crippen molar-refractivity contribution in [2.75, 3.05) is 0 Å². The Kier molecular flexibility index (Phi) is 5.43. The molecule has 12 nitrogen and oxygen atoms in total. The number of nitro groups is 1. The van der Waals surface area contributed by atoms with E-state index < -0.39 is 47.6 Å². The van der Waals surface area contributed by atoms with Gasteiger partial charge in [-0.3, -0.25) is 20.0 Å². The number of non-ortho nitro benzene ring substituents is 1. The topological polar surface area (TPSA) is 186 Å². The minimum absolute atomic E-state index is 0.197. The highest BCUT2D eigenvalue weighted by molar-refractivity contribution is 7.85. The van der Waals surface area contributed by atoms with Gasteiger partial charge in [0, 0.05) is 17.2 Å².